The van der Waals surface area contributed by atoms with Gasteiger partial charge >= 0.3 is 0 Å². The second kappa shape index (κ2) is 13.2. The molecule has 6 heteroatoms. The average molecular weight is 515 g/mol. The molecule has 6 nitrogen and oxygen atoms in total. The lowest BCUT2D eigenvalue weighted by Gasteiger charge is -2.36. The van der Waals surface area contributed by atoms with Gasteiger partial charge in [-0.25, -0.2) is 0 Å². The molecule has 2 atom stereocenters. The van der Waals surface area contributed by atoms with Gasteiger partial charge in [0.1, 0.15) is 0 Å². The Balaban J connectivity index is 1.09. The van der Waals surface area contributed by atoms with Gasteiger partial charge < -0.3 is 14.7 Å². The molecule has 0 unspecified atom stereocenters. The van der Waals surface area contributed by atoms with Gasteiger partial charge in [0.15, 0.2) is 5.76 Å². The highest BCUT2D eigenvalue weighted by Gasteiger charge is 2.31. The number of rotatable bonds is 10. The Morgan fingerprint density at radius 3 is 2.39 bits per heavy atom. The van der Waals surface area contributed by atoms with E-state index in [1.165, 1.54) is 11.1 Å². The quantitative estimate of drug-likeness (QED) is 0.415. The summed E-state index contributed by atoms with van der Waals surface area (Å²) in [5.41, 5.74) is 3.70. The van der Waals surface area contributed by atoms with Gasteiger partial charge in [-0.05, 0) is 81.1 Å². The Kier molecular flexibility index (Phi) is 9.26. The van der Waals surface area contributed by atoms with Gasteiger partial charge in [0.2, 0.25) is 5.91 Å². The topological polar surface area (TPSA) is 61.6 Å². The Bertz CT molecular complexity index is 1120. The van der Waals surface area contributed by atoms with Gasteiger partial charge in [-0.2, -0.15) is 0 Å². The van der Waals surface area contributed by atoms with Crippen LogP contribution in [-0.4, -0.2) is 54.1 Å². The van der Waals surface area contributed by atoms with E-state index >= 15 is 0 Å². The van der Waals surface area contributed by atoms with Crippen molar-refractivity contribution in [1.29, 1.82) is 0 Å². The molecule has 1 N–H and O–H groups in total. The standard InChI is InChI=1S/C32H42N4O2/c1-35(23-27-10-6-3-7-11-27)24-31-21-30(34-38-31)19-29-22-33-15-12-28(29)20-32(37)36-16-13-26(14-17-36)18-25-8-4-2-5-9-25/h2-11,21,26,28-29,33H,12-20,22-24H2,1H3/t28-,29+/m0/s1. The molecule has 2 fully saturated rings. The lowest BCUT2D eigenvalue weighted by atomic mass is 9.80. The smallest absolute Gasteiger partial charge is 0.222 e. The fourth-order valence-corrected chi connectivity index (χ4v) is 6.18. The van der Waals surface area contributed by atoms with Crippen molar-refractivity contribution >= 4 is 5.91 Å². The Morgan fingerprint density at radius 2 is 1.66 bits per heavy atom. The van der Waals surface area contributed by atoms with Crippen molar-refractivity contribution in [3.63, 3.8) is 0 Å². The average Bonchev–Trinajstić information content (AvgIpc) is 3.37. The Hall–Kier alpha value is -2.96. The second-order valence-electron chi connectivity index (χ2n) is 11.4. The number of benzene rings is 2. The van der Waals surface area contributed by atoms with E-state index in [9.17, 15) is 4.79 Å². The minimum atomic E-state index is 0.337. The van der Waals surface area contributed by atoms with Crippen LogP contribution in [0.15, 0.2) is 71.3 Å². The van der Waals surface area contributed by atoms with Crippen LogP contribution in [0.5, 0.6) is 0 Å². The van der Waals surface area contributed by atoms with Crippen molar-refractivity contribution in [2.45, 2.75) is 51.6 Å². The number of piperidine rings is 2. The van der Waals surface area contributed by atoms with Crippen molar-refractivity contribution in [1.82, 2.24) is 20.3 Å². The monoisotopic (exact) mass is 514 g/mol. The maximum Gasteiger partial charge on any atom is 0.222 e. The molecule has 0 radical (unpaired) electrons. The fraction of sp³-hybridized carbons (Fsp3) is 0.500. The minimum absolute atomic E-state index is 0.337. The molecule has 3 aromatic rings. The lowest BCUT2D eigenvalue weighted by molar-refractivity contribution is -0.134. The van der Waals surface area contributed by atoms with Gasteiger partial charge in [0.05, 0.1) is 12.2 Å². The molecule has 38 heavy (non-hydrogen) atoms. The van der Waals surface area contributed by atoms with Gasteiger partial charge in [-0.15, -0.1) is 0 Å². The van der Waals surface area contributed by atoms with Crippen molar-refractivity contribution in [3.8, 4) is 0 Å². The number of hydrogen-bond acceptors (Lipinski definition) is 5. The molecule has 0 aliphatic carbocycles. The maximum atomic E-state index is 13.3. The van der Waals surface area contributed by atoms with E-state index in [0.29, 0.717) is 30.1 Å². The SMILES string of the molecule is CN(Cc1ccccc1)Cc1cc(C[C@@H]2CNCC[C@H]2CC(=O)N2CCC(Cc3ccccc3)CC2)no1. The predicted octanol–water partition coefficient (Wildman–Crippen LogP) is 4.95. The predicted molar refractivity (Wildman–Crippen MR) is 150 cm³/mol. The van der Waals surface area contributed by atoms with Crippen LogP contribution in [0.4, 0.5) is 0 Å². The van der Waals surface area contributed by atoms with Crippen molar-refractivity contribution in [2.24, 2.45) is 17.8 Å². The van der Waals surface area contributed by atoms with Crippen LogP contribution in [0.3, 0.4) is 0 Å². The van der Waals surface area contributed by atoms with E-state index < -0.39 is 0 Å². The summed E-state index contributed by atoms with van der Waals surface area (Å²) in [5, 5.41) is 7.93. The van der Waals surface area contributed by atoms with Crippen LogP contribution in [-0.2, 0) is 30.7 Å². The summed E-state index contributed by atoms with van der Waals surface area (Å²) in [6.45, 7) is 5.32. The highest BCUT2D eigenvalue weighted by atomic mass is 16.5. The molecule has 2 aromatic carbocycles. The molecule has 2 aliphatic rings. The molecule has 2 saturated heterocycles. The zero-order chi connectivity index (χ0) is 26.2. The number of carbonyl (C=O) groups is 1. The third-order valence-corrected chi connectivity index (χ3v) is 8.34. The number of likely N-dealkylation sites (tertiary alicyclic amines) is 1. The number of amides is 1. The summed E-state index contributed by atoms with van der Waals surface area (Å²) in [5.74, 6) is 2.72. The number of carbonyl (C=O) groups excluding carboxylic acids is 1. The molecular weight excluding hydrogens is 472 g/mol. The van der Waals surface area contributed by atoms with Crippen molar-refractivity contribution in [2.75, 3.05) is 33.2 Å². The zero-order valence-corrected chi connectivity index (χ0v) is 22.7. The van der Waals surface area contributed by atoms with Gasteiger partial charge in [0, 0.05) is 32.1 Å². The fourth-order valence-electron chi connectivity index (χ4n) is 6.18. The molecule has 0 bridgehead atoms. The van der Waals surface area contributed by atoms with Crippen molar-refractivity contribution < 1.29 is 9.32 Å². The zero-order valence-electron chi connectivity index (χ0n) is 22.7. The van der Waals surface area contributed by atoms with Crippen LogP contribution in [0.25, 0.3) is 0 Å². The summed E-state index contributed by atoms with van der Waals surface area (Å²) in [6, 6.07) is 23.3. The van der Waals surface area contributed by atoms with Crippen LogP contribution >= 0.6 is 0 Å². The first-order valence-electron chi connectivity index (χ1n) is 14.3. The Morgan fingerprint density at radius 1 is 0.947 bits per heavy atom. The summed E-state index contributed by atoms with van der Waals surface area (Å²) in [7, 11) is 2.10. The third-order valence-electron chi connectivity index (χ3n) is 8.34. The molecule has 202 valence electrons. The molecule has 0 spiro atoms. The normalized spacial score (nSPS) is 20.6. The highest BCUT2D eigenvalue weighted by Crippen LogP contribution is 2.29. The maximum absolute atomic E-state index is 13.3. The van der Waals surface area contributed by atoms with Crippen LogP contribution in [0, 0.1) is 17.8 Å². The highest BCUT2D eigenvalue weighted by molar-refractivity contribution is 5.76. The summed E-state index contributed by atoms with van der Waals surface area (Å²) in [6.07, 6.45) is 5.90. The van der Waals surface area contributed by atoms with E-state index in [1.807, 2.05) is 6.07 Å². The minimum Gasteiger partial charge on any atom is -0.360 e. The molecular formula is C32H42N4O2. The molecule has 1 amide bonds. The number of nitrogens with zero attached hydrogens (tertiary/aromatic N) is 3. The first-order chi connectivity index (χ1) is 18.6. The van der Waals surface area contributed by atoms with E-state index in [4.69, 9.17) is 4.52 Å². The van der Waals surface area contributed by atoms with Crippen LogP contribution < -0.4 is 5.32 Å². The van der Waals surface area contributed by atoms with Gasteiger partial charge in [-0.3, -0.25) is 9.69 Å². The third kappa shape index (κ3) is 7.55. The Labute approximate surface area is 227 Å². The first-order valence-corrected chi connectivity index (χ1v) is 14.3. The summed E-state index contributed by atoms with van der Waals surface area (Å²) >= 11 is 0. The van der Waals surface area contributed by atoms with E-state index in [2.05, 4.69) is 88.0 Å². The molecule has 1 aromatic heterocycles. The van der Waals surface area contributed by atoms with Gasteiger partial charge in [0.25, 0.3) is 0 Å². The number of nitrogens with one attached hydrogen (secondary N) is 1. The summed E-state index contributed by atoms with van der Waals surface area (Å²) in [4.78, 5) is 17.6. The first kappa shape index (κ1) is 26.6. The number of aromatic nitrogens is 1. The molecule has 3 heterocycles. The van der Waals surface area contributed by atoms with Crippen molar-refractivity contribution in [3.05, 3.63) is 89.3 Å². The molecule has 0 saturated carbocycles. The molecule has 2 aliphatic heterocycles. The largest absolute Gasteiger partial charge is 0.360 e. The van der Waals surface area contributed by atoms with Crippen LogP contribution in [0.1, 0.15) is 48.3 Å². The second-order valence-corrected chi connectivity index (χ2v) is 11.4. The van der Waals surface area contributed by atoms with E-state index in [-0.39, 0.29) is 0 Å². The van der Waals surface area contributed by atoms with Crippen LogP contribution in [0.2, 0.25) is 0 Å². The summed E-state index contributed by atoms with van der Waals surface area (Å²) < 4.78 is 5.69. The number of hydrogen-bond donors (Lipinski definition) is 1. The van der Waals surface area contributed by atoms with E-state index in [0.717, 1.165) is 82.8 Å². The molecule has 5 rings (SSSR count). The lowest BCUT2D eigenvalue weighted by Crippen LogP contribution is -2.43. The van der Waals surface area contributed by atoms with Gasteiger partial charge in [-0.1, -0.05) is 65.8 Å². The van der Waals surface area contributed by atoms with E-state index in [1.54, 1.807) is 0 Å².